The first kappa shape index (κ1) is 21.6. The molecule has 3 N–H and O–H groups in total. The van der Waals surface area contributed by atoms with E-state index in [9.17, 15) is 4.79 Å². The Morgan fingerprint density at radius 1 is 1.04 bits per heavy atom. The van der Waals surface area contributed by atoms with Gasteiger partial charge in [0.15, 0.2) is 17.5 Å². The van der Waals surface area contributed by atoms with E-state index in [-0.39, 0.29) is 12.5 Å². The fourth-order valence-electron chi connectivity index (χ4n) is 2.20. The summed E-state index contributed by atoms with van der Waals surface area (Å²) in [5.74, 6) is 1.88. The lowest BCUT2D eigenvalue weighted by atomic mass is 10.1. The molecule has 0 aromatic heterocycles. The minimum absolute atomic E-state index is 0.0649. The average Bonchev–Trinajstić information content (AvgIpc) is 2.66. The second kappa shape index (κ2) is 12.8. The van der Waals surface area contributed by atoms with Gasteiger partial charge >= 0.3 is 0 Å². The largest absolute Gasteiger partial charge is 0.493 e. The van der Waals surface area contributed by atoms with Crippen LogP contribution < -0.4 is 25.4 Å². The number of amides is 1. The summed E-state index contributed by atoms with van der Waals surface area (Å²) in [4.78, 5) is 16.0. The van der Waals surface area contributed by atoms with Crippen LogP contribution >= 0.6 is 0 Å². The van der Waals surface area contributed by atoms with E-state index in [1.165, 1.54) is 0 Å². The van der Waals surface area contributed by atoms with Crippen molar-refractivity contribution in [2.75, 3.05) is 54.1 Å². The third-order valence-electron chi connectivity index (χ3n) is 3.51. The maximum absolute atomic E-state index is 11.7. The average molecular weight is 366 g/mol. The number of nitrogens with one attached hydrogen (secondary N) is 3. The van der Waals surface area contributed by atoms with Crippen molar-refractivity contribution in [2.45, 2.75) is 13.3 Å². The zero-order valence-electron chi connectivity index (χ0n) is 16.1. The molecule has 0 aliphatic rings. The van der Waals surface area contributed by atoms with Crippen LogP contribution in [0, 0.1) is 0 Å². The molecule has 1 aromatic rings. The van der Waals surface area contributed by atoms with Gasteiger partial charge in [0.05, 0.1) is 20.8 Å². The van der Waals surface area contributed by atoms with E-state index in [0.29, 0.717) is 43.7 Å². The molecule has 146 valence electrons. The van der Waals surface area contributed by atoms with Crippen LogP contribution in [0.3, 0.4) is 0 Å². The summed E-state index contributed by atoms with van der Waals surface area (Å²) in [6.07, 6.45) is 0.783. The maximum atomic E-state index is 11.7. The van der Waals surface area contributed by atoms with E-state index >= 15 is 0 Å². The minimum Gasteiger partial charge on any atom is -0.493 e. The number of hydrogen-bond acceptors (Lipinski definition) is 5. The smallest absolute Gasteiger partial charge is 0.241 e. The Bertz CT molecular complexity index is 578. The predicted molar refractivity (Wildman–Crippen MR) is 102 cm³/mol. The normalized spacial score (nSPS) is 11.0. The van der Waals surface area contributed by atoms with Crippen LogP contribution in [-0.2, 0) is 16.0 Å². The summed E-state index contributed by atoms with van der Waals surface area (Å²) in [5, 5.41) is 9.08. The highest BCUT2D eigenvalue weighted by molar-refractivity contribution is 5.84. The first-order valence-corrected chi connectivity index (χ1v) is 8.63. The van der Waals surface area contributed by atoms with Crippen molar-refractivity contribution in [1.82, 2.24) is 16.0 Å². The third kappa shape index (κ3) is 8.06. The standard InChI is InChI=1S/C18H30N4O4/c1-5-19-18(22-13-17(23)20-10-11-24-2)21-9-8-14-6-7-15(25-3)16(12-14)26-4/h6-7,12H,5,8-11,13H2,1-4H3,(H,20,23)(H2,19,21,22). The van der Waals surface area contributed by atoms with Crippen LogP contribution in [0.1, 0.15) is 12.5 Å². The number of guanidine groups is 1. The topological polar surface area (TPSA) is 93.2 Å². The zero-order chi connectivity index (χ0) is 19.2. The maximum Gasteiger partial charge on any atom is 0.241 e. The molecule has 1 amide bonds. The molecule has 0 aliphatic carbocycles. The predicted octanol–water partition coefficient (Wildman–Crippen LogP) is 0.564. The first-order valence-electron chi connectivity index (χ1n) is 8.63. The van der Waals surface area contributed by atoms with Gasteiger partial charge in [0.25, 0.3) is 0 Å². The number of benzene rings is 1. The van der Waals surface area contributed by atoms with Crippen molar-refractivity contribution in [3.63, 3.8) is 0 Å². The molecule has 0 unspecified atom stereocenters. The molecule has 0 spiro atoms. The van der Waals surface area contributed by atoms with Gasteiger partial charge in [0.2, 0.25) is 5.91 Å². The monoisotopic (exact) mass is 366 g/mol. The number of rotatable bonds is 11. The van der Waals surface area contributed by atoms with Gasteiger partial charge in [-0.15, -0.1) is 0 Å². The molecule has 26 heavy (non-hydrogen) atoms. The Labute approximate surface area is 155 Å². The number of carbonyl (C=O) groups is 1. The van der Waals surface area contributed by atoms with Crippen LogP contribution in [0.5, 0.6) is 11.5 Å². The van der Waals surface area contributed by atoms with Crippen molar-refractivity contribution in [1.29, 1.82) is 0 Å². The highest BCUT2D eigenvalue weighted by atomic mass is 16.5. The van der Waals surface area contributed by atoms with E-state index in [1.54, 1.807) is 21.3 Å². The molecule has 8 heteroatoms. The summed E-state index contributed by atoms with van der Waals surface area (Å²) >= 11 is 0. The van der Waals surface area contributed by atoms with Gasteiger partial charge in [0.1, 0.15) is 6.54 Å². The summed E-state index contributed by atoms with van der Waals surface area (Å²) in [6, 6.07) is 5.84. The molecule has 0 saturated heterocycles. The van der Waals surface area contributed by atoms with Gasteiger partial charge in [-0.3, -0.25) is 4.79 Å². The number of ether oxygens (including phenoxy) is 3. The Kier molecular flexibility index (Phi) is 10.6. The minimum atomic E-state index is -0.140. The number of hydrogen-bond donors (Lipinski definition) is 3. The Morgan fingerprint density at radius 2 is 1.81 bits per heavy atom. The molecule has 0 bridgehead atoms. The van der Waals surface area contributed by atoms with Gasteiger partial charge in [-0.25, -0.2) is 4.99 Å². The third-order valence-corrected chi connectivity index (χ3v) is 3.51. The molecule has 1 rings (SSSR count). The second-order valence-corrected chi connectivity index (χ2v) is 5.40. The van der Waals surface area contributed by atoms with Crippen molar-refractivity contribution in [2.24, 2.45) is 4.99 Å². The summed E-state index contributed by atoms with van der Waals surface area (Å²) in [7, 11) is 4.83. The van der Waals surface area contributed by atoms with Crippen molar-refractivity contribution < 1.29 is 19.0 Å². The lowest BCUT2D eigenvalue weighted by Crippen LogP contribution is -2.39. The molecule has 8 nitrogen and oxygen atoms in total. The van der Waals surface area contributed by atoms with Gasteiger partial charge in [-0.2, -0.15) is 0 Å². The molecule has 0 aliphatic heterocycles. The highest BCUT2D eigenvalue weighted by Crippen LogP contribution is 2.27. The molecule has 1 aromatic carbocycles. The lowest BCUT2D eigenvalue weighted by Gasteiger charge is -2.12. The van der Waals surface area contributed by atoms with Crippen molar-refractivity contribution in [3.05, 3.63) is 23.8 Å². The molecule has 0 fully saturated rings. The molecule has 0 atom stereocenters. The summed E-state index contributed by atoms with van der Waals surface area (Å²) in [5.41, 5.74) is 1.11. The number of aliphatic imine (C=N–C) groups is 1. The van der Waals surface area contributed by atoms with Gasteiger partial charge in [-0.05, 0) is 31.0 Å². The van der Waals surface area contributed by atoms with E-state index in [1.807, 2.05) is 25.1 Å². The fourth-order valence-corrected chi connectivity index (χ4v) is 2.20. The van der Waals surface area contributed by atoms with E-state index in [2.05, 4.69) is 20.9 Å². The Balaban J connectivity index is 2.50. The van der Waals surface area contributed by atoms with E-state index < -0.39 is 0 Å². The summed E-state index contributed by atoms with van der Waals surface area (Å²) in [6.45, 7) is 4.40. The van der Waals surface area contributed by atoms with E-state index in [4.69, 9.17) is 14.2 Å². The van der Waals surface area contributed by atoms with Gasteiger partial charge in [0, 0.05) is 26.7 Å². The number of nitrogens with zero attached hydrogens (tertiary/aromatic N) is 1. The SMILES string of the molecule is CCNC(=NCC(=O)NCCOC)NCCc1ccc(OC)c(OC)c1. The lowest BCUT2D eigenvalue weighted by molar-refractivity contribution is -0.119. The van der Waals surface area contributed by atoms with E-state index in [0.717, 1.165) is 12.0 Å². The Morgan fingerprint density at radius 3 is 2.46 bits per heavy atom. The molecule has 0 heterocycles. The fraction of sp³-hybridized carbons (Fsp3) is 0.556. The second-order valence-electron chi connectivity index (χ2n) is 5.40. The quantitative estimate of drug-likeness (QED) is 0.301. The van der Waals surface area contributed by atoms with Crippen LogP contribution in [0.4, 0.5) is 0 Å². The van der Waals surface area contributed by atoms with Gasteiger partial charge < -0.3 is 30.2 Å². The van der Waals surface area contributed by atoms with Gasteiger partial charge in [-0.1, -0.05) is 6.07 Å². The molecule has 0 saturated carbocycles. The van der Waals surface area contributed by atoms with Crippen LogP contribution in [-0.4, -0.2) is 66.0 Å². The number of carbonyl (C=O) groups excluding carboxylic acids is 1. The highest BCUT2D eigenvalue weighted by Gasteiger charge is 2.05. The van der Waals surface area contributed by atoms with Crippen LogP contribution in [0.2, 0.25) is 0 Å². The van der Waals surface area contributed by atoms with Crippen LogP contribution in [0.15, 0.2) is 23.2 Å². The van der Waals surface area contributed by atoms with Crippen LogP contribution in [0.25, 0.3) is 0 Å². The number of methoxy groups -OCH3 is 3. The molecular weight excluding hydrogens is 336 g/mol. The zero-order valence-corrected chi connectivity index (χ0v) is 16.1. The Hall–Kier alpha value is -2.48. The first-order chi connectivity index (χ1) is 12.6. The molecule has 0 radical (unpaired) electrons. The van der Waals surface area contributed by atoms with Crippen molar-refractivity contribution >= 4 is 11.9 Å². The summed E-state index contributed by atoms with van der Waals surface area (Å²) < 4.78 is 15.4. The van der Waals surface area contributed by atoms with Crippen molar-refractivity contribution in [3.8, 4) is 11.5 Å². The molecular formula is C18H30N4O4.